The highest BCUT2D eigenvalue weighted by molar-refractivity contribution is 5.98. The molecule has 1 heterocycles. The van der Waals surface area contributed by atoms with E-state index in [0.717, 1.165) is 0 Å². The zero-order chi connectivity index (χ0) is 16.7. The highest BCUT2D eigenvalue weighted by Crippen LogP contribution is 2.12. The molecule has 0 aliphatic rings. The fourth-order valence-corrected chi connectivity index (χ4v) is 1.75. The number of carbonyl (C=O) groups excluding carboxylic acids is 2. The largest absolute Gasteiger partial charge is 0.497 e. The first-order valence-electron chi connectivity index (χ1n) is 6.89. The lowest BCUT2D eigenvalue weighted by Gasteiger charge is -2.06. The van der Waals surface area contributed by atoms with Crippen LogP contribution in [0.5, 0.6) is 5.75 Å². The molecule has 0 aliphatic carbocycles. The van der Waals surface area contributed by atoms with Crippen LogP contribution in [0, 0.1) is 0 Å². The van der Waals surface area contributed by atoms with Crippen LogP contribution in [0.4, 0.5) is 0 Å². The topological polar surface area (TPSA) is 92.9 Å². The van der Waals surface area contributed by atoms with Gasteiger partial charge in [-0.15, -0.1) is 0 Å². The zero-order valence-electron chi connectivity index (χ0n) is 12.8. The van der Waals surface area contributed by atoms with Crippen molar-refractivity contribution in [2.24, 2.45) is 5.10 Å². The molecule has 0 saturated heterocycles. The molecule has 0 radical (unpaired) electrons. The highest BCUT2D eigenvalue weighted by Gasteiger charge is 2.09. The van der Waals surface area contributed by atoms with E-state index >= 15 is 0 Å². The maximum absolute atomic E-state index is 11.9. The zero-order valence-corrected chi connectivity index (χ0v) is 12.8. The van der Waals surface area contributed by atoms with Crippen LogP contribution >= 0.6 is 0 Å². The molecule has 7 nitrogen and oxygen atoms in total. The van der Waals surface area contributed by atoms with Gasteiger partial charge in [0.2, 0.25) is 0 Å². The number of amides is 2. The van der Waals surface area contributed by atoms with Crippen LogP contribution < -0.4 is 15.5 Å². The van der Waals surface area contributed by atoms with Gasteiger partial charge in [-0.3, -0.25) is 9.59 Å². The van der Waals surface area contributed by atoms with Crippen molar-refractivity contribution < 1.29 is 18.7 Å². The van der Waals surface area contributed by atoms with Gasteiger partial charge in [-0.25, -0.2) is 5.43 Å². The van der Waals surface area contributed by atoms with Crippen LogP contribution in [0.1, 0.15) is 23.0 Å². The fourth-order valence-electron chi connectivity index (χ4n) is 1.75. The lowest BCUT2D eigenvalue weighted by atomic mass is 10.2. The molecule has 0 unspecified atom stereocenters. The number of ether oxygens (including phenoxy) is 1. The van der Waals surface area contributed by atoms with Crippen molar-refractivity contribution in [2.45, 2.75) is 6.92 Å². The van der Waals surface area contributed by atoms with Crippen molar-refractivity contribution >= 4 is 17.5 Å². The molecule has 2 amide bonds. The smallest absolute Gasteiger partial charge is 0.259 e. The van der Waals surface area contributed by atoms with E-state index in [1.165, 1.54) is 13.4 Å². The summed E-state index contributed by atoms with van der Waals surface area (Å²) >= 11 is 0. The first-order valence-corrected chi connectivity index (χ1v) is 6.89. The molecule has 23 heavy (non-hydrogen) atoms. The average Bonchev–Trinajstić information content (AvgIpc) is 3.12. The normalized spacial score (nSPS) is 11.0. The number of benzene rings is 1. The van der Waals surface area contributed by atoms with E-state index in [0.29, 0.717) is 22.8 Å². The summed E-state index contributed by atoms with van der Waals surface area (Å²) in [5.74, 6) is 0.324. The molecule has 0 fully saturated rings. The first kappa shape index (κ1) is 16.3. The van der Waals surface area contributed by atoms with Crippen LogP contribution in [0.3, 0.4) is 0 Å². The Labute approximate surface area is 133 Å². The Bertz CT molecular complexity index is 708. The Morgan fingerprint density at radius 1 is 1.26 bits per heavy atom. The number of furan rings is 1. The molecular weight excluding hydrogens is 298 g/mol. The second-order valence-corrected chi connectivity index (χ2v) is 4.62. The second kappa shape index (κ2) is 7.79. The molecule has 0 bridgehead atoms. The van der Waals surface area contributed by atoms with E-state index in [4.69, 9.17) is 9.15 Å². The standard InChI is InChI=1S/C16H17N3O4/c1-11(14-7-4-8-23-14)18-19-15(20)10-17-16(21)12-5-3-6-13(9-12)22-2/h3-9H,10H2,1-2H3,(H,17,21)(H,19,20)/b18-11+. The van der Waals surface area contributed by atoms with Crippen molar-refractivity contribution in [2.75, 3.05) is 13.7 Å². The summed E-state index contributed by atoms with van der Waals surface area (Å²) in [7, 11) is 1.52. The Balaban J connectivity index is 1.84. The van der Waals surface area contributed by atoms with Gasteiger partial charge < -0.3 is 14.5 Å². The third-order valence-corrected chi connectivity index (χ3v) is 2.97. The molecule has 7 heteroatoms. The summed E-state index contributed by atoms with van der Waals surface area (Å²) in [5.41, 5.74) is 3.29. The summed E-state index contributed by atoms with van der Waals surface area (Å²) in [6.45, 7) is 1.51. The number of hydrogen-bond acceptors (Lipinski definition) is 5. The minimum absolute atomic E-state index is 0.190. The second-order valence-electron chi connectivity index (χ2n) is 4.62. The summed E-state index contributed by atoms with van der Waals surface area (Å²) in [6, 6.07) is 10.1. The van der Waals surface area contributed by atoms with Gasteiger partial charge in [0, 0.05) is 5.56 Å². The van der Waals surface area contributed by atoms with Gasteiger partial charge in [-0.1, -0.05) is 6.07 Å². The van der Waals surface area contributed by atoms with Crippen LogP contribution in [0.2, 0.25) is 0 Å². The van der Waals surface area contributed by atoms with E-state index in [1.54, 1.807) is 43.3 Å². The highest BCUT2D eigenvalue weighted by atomic mass is 16.5. The molecular formula is C16H17N3O4. The summed E-state index contributed by atoms with van der Waals surface area (Å²) in [5, 5.41) is 6.41. The first-order chi connectivity index (χ1) is 11.1. The van der Waals surface area contributed by atoms with Gasteiger partial charge >= 0.3 is 0 Å². The van der Waals surface area contributed by atoms with Crippen LogP contribution in [0.15, 0.2) is 52.2 Å². The number of nitrogens with one attached hydrogen (secondary N) is 2. The molecule has 0 aliphatic heterocycles. The van der Waals surface area contributed by atoms with E-state index in [-0.39, 0.29) is 12.5 Å². The monoisotopic (exact) mass is 315 g/mol. The number of rotatable bonds is 6. The maximum Gasteiger partial charge on any atom is 0.259 e. The molecule has 2 N–H and O–H groups in total. The van der Waals surface area contributed by atoms with Crippen molar-refractivity contribution in [1.82, 2.24) is 10.7 Å². The maximum atomic E-state index is 11.9. The van der Waals surface area contributed by atoms with Crippen molar-refractivity contribution in [3.05, 3.63) is 54.0 Å². The van der Waals surface area contributed by atoms with E-state index in [2.05, 4.69) is 15.8 Å². The third-order valence-electron chi connectivity index (χ3n) is 2.97. The van der Waals surface area contributed by atoms with Gasteiger partial charge in [0.1, 0.15) is 17.2 Å². The Hall–Kier alpha value is -3.09. The minimum Gasteiger partial charge on any atom is -0.497 e. The average molecular weight is 315 g/mol. The fraction of sp³-hybridized carbons (Fsp3) is 0.188. The van der Waals surface area contributed by atoms with Crippen molar-refractivity contribution in [3.8, 4) is 5.75 Å². The van der Waals surface area contributed by atoms with E-state index in [9.17, 15) is 9.59 Å². The van der Waals surface area contributed by atoms with Gasteiger partial charge in [-0.05, 0) is 37.3 Å². The molecule has 1 aromatic carbocycles. The molecule has 0 saturated carbocycles. The minimum atomic E-state index is -0.438. The Morgan fingerprint density at radius 3 is 2.78 bits per heavy atom. The van der Waals surface area contributed by atoms with E-state index in [1.807, 2.05) is 0 Å². The quantitative estimate of drug-likeness (QED) is 0.625. The molecule has 2 rings (SSSR count). The van der Waals surface area contributed by atoms with Crippen molar-refractivity contribution in [1.29, 1.82) is 0 Å². The van der Waals surface area contributed by atoms with Gasteiger partial charge in [0.25, 0.3) is 11.8 Å². The number of nitrogens with zero attached hydrogens (tertiary/aromatic N) is 1. The predicted octanol–water partition coefficient (Wildman–Crippen LogP) is 1.56. The van der Waals surface area contributed by atoms with Crippen LogP contribution in [-0.4, -0.2) is 31.2 Å². The SMILES string of the molecule is COc1cccc(C(=O)NCC(=O)N/N=C(\C)c2ccco2)c1. The third kappa shape index (κ3) is 4.70. The Morgan fingerprint density at radius 2 is 2.09 bits per heavy atom. The summed E-state index contributed by atoms with van der Waals surface area (Å²) in [4.78, 5) is 23.6. The number of hydrogen-bond donors (Lipinski definition) is 2. The predicted molar refractivity (Wildman–Crippen MR) is 84.4 cm³/mol. The van der Waals surface area contributed by atoms with Crippen LogP contribution in [-0.2, 0) is 4.79 Å². The molecule has 2 aromatic rings. The summed E-state index contributed by atoms with van der Waals surface area (Å²) in [6.07, 6.45) is 1.52. The number of carbonyl (C=O) groups is 2. The molecule has 0 atom stereocenters. The van der Waals surface area contributed by atoms with Gasteiger partial charge in [0.05, 0.1) is 19.9 Å². The van der Waals surface area contributed by atoms with Gasteiger partial charge in [0.15, 0.2) is 0 Å². The number of hydrazone groups is 1. The van der Waals surface area contributed by atoms with Crippen LogP contribution in [0.25, 0.3) is 0 Å². The lowest BCUT2D eigenvalue weighted by Crippen LogP contribution is -2.35. The molecule has 120 valence electrons. The number of methoxy groups -OCH3 is 1. The molecule has 1 aromatic heterocycles. The van der Waals surface area contributed by atoms with E-state index < -0.39 is 5.91 Å². The Kier molecular flexibility index (Phi) is 5.51. The van der Waals surface area contributed by atoms with Gasteiger partial charge in [-0.2, -0.15) is 5.10 Å². The summed E-state index contributed by atoms with van der Waals surface area (Å²) < 4.78 is 10.2. The van der Waals surface area contributed by atoms with Crippen molar-refractivity contribution in [3.63, 3.8) is 0 Å². The molecule has 0 spiro atoms. The lowest BCUT2D eigenvalue weighted by molar-refractivity contribution is -0.120.